The van der Waals surface area contributed by atoms with Crippen LogP contribution in [0, 0.1) is 11.8 Å². The number of carbonyl (C=O) groups excluding carboxylic acids is 2. The minimum absolute atomic E-state index is 0.000722. The molecule has 0 N–H and O–H groups in total. The fourth-order valence-corrected chi connectivity index (χ4v) is 3.56. The molecular formula is C16H17F3O2S. The summed E-state index contributed by atoms with van der Waals surface area (Å²) in [6.45, 7) is 1.85. The molecule has 0 radical (unpaired) electrons. The minimum atomic E-state index is -4.32. The van der Waals surface area contributed by atoms with Crippen LogP contribution in [0.3, 0.4) is 0 Å². The van der Waals surface area contributed by atoms with E-state index in [-0.39, 0.29) is 29.8 Å². The average Bonchev–Trinajstić information content (AvgIpc) is 2.43. The maximum atomic E-state index is 12.5. The summed E-state index contributed by atoms with van der Waals surface area (Å²) in [4.78, 5) is 23.9. The summed E-state index contributed by atoms with van der Waals surface area (Å²) in [6.07, 6.45) is -3.13. The molecule has 22 heavy (non-hydrogen) atoms. The van der Waals surface area contributed by atoms with Gasteiger partial charge in [0.05, 0.1) is 12.0 Å². The largest absolute Gasteiger partial charge is 0.416 e. The van der Waals surface area contributed by atoms with Gasteiger partial charge in [-0.1, -0.05) is 6.92 Å². The molecule has 2 nitrogen and oxygen atoms in total. The molecule has 0 bridgehead atoms. The van der Waals surface area contributed by atoms with Gasteiger partial charge >= 0.3 is 6.18 Å². The Labute approximate surface area is 131 Å². The van der Waals surface area contributed by atoms with Gasteiger partial charge in [-0.05, 0) is 42.4 Å². The summed E-state index contributed by atoms with van der Waals surface area (Å²) in [5, 5.41) is 0. The lowest BCUT2D eigenvalue weighted by atomic mass is 9.77. The van der Waals surface area contributed by atoms with Crippen molar-refractivity contribution in [2.45, 2.75) is 37.3 Å². The molecule has 0 heterocycles. The molecular weight excluding hydrogens is 313 g/mol. The van der Waals surface area contributed by atoms with Crippen molar-refractivity contribution in [3.8, 4) is 0 Å². The van der Waals surface area contributed by atoms with Crippen molar-refractivity contribution in [3.63, 3.8) is 0 Å². The van der Waals surface area contributed by atoms with Crippen molar-refractivity contribution in [3.05, 3.63) is 29.8 Å². The van der Waals surface area contributed by atoms with Crippen LogP contribution >= 0.6 is 11.8 Å². The molecule has 6 heteroatoms. The van der Waals surface area contributed by atoms with E-state index in [1.165, 1.54) is 23.9 Å². The quantitative estimate of drug-likeness (QED) is 0.607. The number of benzene rings is 1. The highest BCUT2D eigenvalue weighted by atomic mass is 32.2. The highest BCUT2D eigenvalue weighted by Crippen LogP contribution is 2.33. The summed E-state index contributed by atoms with van der Waals surface area (Å²) in [5.41, 5.74) is -0.658. The molecule has 2 unspecified atom stereocenters. The predicted octanol–water partition coefficient (Wildman–Crippen LogP) is 4.37. The molecule has 1 fully saturated rings. The van der Waals surface area contributed by atoms with Crippen molar-refractivity contribution >= 4 is 23.3 Å². The molecule has 0 aromatic heterocycles. The molecule has 0 saturated heterocycles. The number of hydrogen-bond donors (Lipinski definition) is 0. The van der Waals surface area contributed by atoms with E-state index in [1.54, 1.807) is 0 Å². The molecule has 120 valence electrons. The van der Waals surface area contributed by atoms with Crippen molar-refractivity contribution in [1.82, 2.24) is 0 Å². The Morgan fingerprint density at radius 1 is 1.18 bits per heavy atom. The Balaban J connectivity index is 1.86. The first-order valence-electron chi connectivity index (χ1n) is 7.12. The van der Waals surface area contributed by atoms with E-state index in [2.05, 4.69) is 0 Å². The lowest BCUT2D eigenvalue weighted by Gasteiger charge is -2.26. The molecule has 0 spiro atoms. The number of thioether (sulfide) groups is 1. The van der Waals surface area contributed by atoms with Gasteiger partial charge in [0.2, 0.25) is 0 Å². The monoisotopic (exact) mass is 330 g/mol. The van der Waals surface area contributed by atoms with E-state index >= 15 is 0 Å². The van der Waals surface area contributed by atoms with E-state index in [0.29, 0.717) is 18.6 Å². The Morgan fingerprint density at radius 3 is 2.41 bits per heavy atom. The fourth-order valence-electron chi connectivity index (χ4n) is 2.58. The van der Waals surface area contributed by atoms with Crippen molar-refractivity contribution in [2.24, 2.45) is 11.8 Å². The molecule has 2 atom stereocenters. The number of alkyl halides is 3. The van der Waals surface area contributed by atoms with Crippen LogP contribution in [0.2, 0.25) is 0 Å². The normalized spacial score (nSPS) is 22.9. The molecule has 0 aliphatic heterocycles. The van der Waals surface area contributed by atoms with Gasteiger partial charge in [0.1, 0.15) is 11.6 Å². The van der Waals surface area contributed by atoms with Crippen LogP contribution < -0.4 is 0 Å². The predicted molar refractivity (Wildman–Crippen MR) is 78.7 cm³/mol. The third-order valence-electron chi connectivity index (χ3n) is 4.02. The Bertz CT molecular complexity index is 552. The zero-order valence-electron chi connectivity index (χ0n) is 12.2. The van der Waals surface area contributed by atoms with E-state index in [1.807, 2.05) is 6.92 Å². The van der Waals surface area contributed by atoms with Crippen molar-refractivity contribution < 1.29 is 22.8 Å². The Hall–Kier alpha value is -1.30. The maximum absolute atomic E-state index is 12.5. The van der Waals surface area contributed by atoms with Gasteiger partial charge in [0.25, 0.3) is 0 Å². The van der Waals surface area contributed by atoms with Crippen LogP contribution in [-0.2, 0) is 15.8 Å². The summed E-state index contributed by atoms with van der Waals surface area (Å²) in [5.74, 6) is 0.621. The van der Waals surface area contributed by atoms with Crippen LogP contribution in [0.15, 0.2) is 29.2 Å². The average molecular weight is 330 g/mol. The number of Topliss-reactive ketones (excluding diaryl/α,β-unsaturated/α-hetero) is 2. The van der Waals surface area contributed by atoms with Crippen LogP contribution in [0.4, 0.5) is 13.2 Å². The first-order valence-corrected chi connectivity index (χ1v) is 8.10. The first kappa shape index (κ1) is 17.1. The lowest BCUT2D eigenvalue weighted by molar-refractivity contribution is -0.138. The second-order valence-electron chi connectivity index (χ2n) is 5.59. The van der Waals surface area contributed by atoms with E-state index in [4.69, 9.17) is 0 Å². The lowest BCUT2D eigenvalue weighted by Crippen LogP contribution is -2.31. The Morgan fingerprint density at radius 2 is 1.82 bits per heavy atom. The van der Waals surface area contributed by atoms with Gasteiger partial charge in [-0.15, -0.1) is 11.8 Å². The second kappa shape index (κ2) is 6.86. The van der Waals surface area contributed by atoms with Gasteiger partial charge in [-0.2, -0.15) is 13.2 Å². The van der Waals surface area contributed by atoms with Crippen molar-refractivity contribution in [1.29, 1.82) is 0 Å². The molecule has 0 amide bonds. The summed E-state index contributed by atoms with van der Waals surface area (Å²) in [7, 11) is 0. The van der Waals surface area contributed by atoms with Gasteiger partial charge < -0.3 is 0 Å². The van der Waals surface area contributed by atoms with E-state index in [0.717, 1.165) is 17.0 Å². The van der Waals surface area contributed by atoms with Gasteiger partial charge in [-0.25, -0.2) is 0 Å². The number of rotatable bonds is 4. The molecule has 1 saturated carbocycles. The molecule has 1 aromatic rings. The van der Waals surface area contributed by atoms with Crippen LogP contribution in [0.1, 0.15) is 31.7 Å². The zero-order valence-corrected chi connectivity index (χ0v) is 13.0. The van der Waals surface area contributed by atoms with Gasteiger partial charge in [-0.3, -0.25) is 9.59 Å². The first-order chi connectivity index (χ1) is 10.3. The Kier molecular flexibility index (Phi) is 5.32. The summed E-state index contributed by atoms with van der Waals surface area (Å²) < 4.78 is 37.4. The standard InChI is InChI=1S/C16H17F3O2S/c1-10-11(8-13(20)9-15(10)21)6-7-22-14-4-2-12(3-5-14)16(17,18)19/h2-5,10-11H,6-9H2,1H3. The van der Waals surface area contributed by atoms with Crippen LogP contribution in [-0.4, -0.2) is 17.3 Å². The third kappa shape index (κ3) is 4.35. The smallest absolute Gasteiger partial charge is 0.299 e. The zero-order chi connectivity index (χ0) is 16.3. The number of hydrogen-bond acceptors (Lipinski definition) is 3. The summed E-state index contributed by atoms with van der Waals surface area (Å²) in [6, 6.07) is 5.04. The second-order valence-corrected chi connectivity index (χ2v) is 6.76. The van der Waals surface area contributed by atoms with Gasteiger partial charge in [0.15, 0.2) is 0 Å². The molecule has 1 aliphatic rings. The van der Waals surface area contributed by atoms with Crippen molar-refractivity contribution in [2.75, 3.05) is 5.75 Å². The highest BCUT2D eigenvalue weighted by Gasteiger charge is 2.32. The number of halogens is 3. The molecule has 1 aromatic carbocycles. The van der Waals surface area contributed by atoms with E-state index in [9.17, 15) is 22.8 Å². The minimum Gasteiger partial charge on any atom is -0.299 e. The molecule has 1 aliphatic carbocycles. The maximum Gasteiger partial charge on any atom is 0.416 e. The van der Waals surface area contributed by atoms with Crippen LogP contribution in [0.5, 0.6) is 0 Å². The van der Waals surface area contributed by atoms with Crippen LogP contribution in [0.25, 0.3) is 0 Å². The molecule has 2 rings (SSSR count). The topological polar surface area (TPSA) is 34.1 Å². The van der Waals surface area contributed by atoms with Gasteiger partial charge in [0, 0.05) is 17.2 Å². The van der Waals surface area contributed by atoms with E-state index < -0.39 is 11.7 Å². The summed E-state index contributed by atoms with van der Waals surface area (Å²) >= 11 is 1.45. The number of ketones is 2. The highest BCUT2D eigenvalue weighted by molar-refractivity contribution is 7.99. The third-order valence-corrected chi connectivity index (χ3v) is 5.06. The number of carbonyl (C=O) groups is 2. The fraction of sp³-hybridized carbons (Fsp3) is 0.500. The SMILES string of the molecule is CC1C(=O)CC(=O)CC1CCSc1ccc(C(F)(F)F)cc1.